The van der Waals surface area contributed by atoms with Gasteiger partial charge in [-0.1, -0.05) is 13.3 Å². The number of carbonyl (C=O) groups is 3. The topological polar surface area (TPSA) is 82.9 Å². The van der Waals surface area contributed by atoms with Crippen LogP contribution >= 0.6 is 0 Å². The standard InChI is InChI=1S/C18H25N3O4/c1-3-13-6-8-18(9-7-13)16(23)21(17(24)19-18)12-15(22)20(2)11-14-5-4-10-25-14/h4-5,10,13H,3,6-9,11-12H2,1-2H3,(H,19,24). The van der Waals surface area contributed by atoms with Gasteiger partial charge in [0.2, 0.25) is 5.91 Å². The predicted octanol–water partition coefficient (Wildman–Crippen LogP) is 2.13. The van der Waals surface area contributed by atoms with Crippen LogP contribution in [0, 0.1) is 5.92 Å². The van der Waals surface area contributed by atoms with Crippen molar-refractivity contribution in [1.82, 2.24) is 15.1 Å². The van der Waals surface area contributed by atoms with E-state index in [0.717, 1.165) is 24.2 Å². The number of hydrogen-bond donors (Lipinski definition) is 1. The average Bonchev–Trinajstić information content (AvgIpc) is 3.18. The van der Waals surface area contributed by atoms with Gasteiger partial charge in [-0.2, -0.15) is 0 Å². The third kappa shape index (κ3) is 3.41. The molecule has 0 atom stereocenters. The molecule has 7 nitrogen and oxygen atoms in total. The smallest absolute Gasteiger partial charge is 0.325 e. The molecule has 1 aromatic heterocycles. The van der Waals surface area contributed by atoms with Gasteiger partial charge in [0.05, 0.1) is 12.8 Å². The zero-order valence-corrected chi connectivity index (χ0v) is 14.8. The molecule has 25 heavy (non-hydrogen) atoms. The number of likely N-dealkylation sites (N-methyl/N-ethyl adjacent to an activating group) is 1. The Bertz CT molecular complexity index is 647. The van der Waals surface area contributed by atoms with Crippen molar-refractivity contribution in [1.29, 1.82) is 0 Å². The van der Waals surface area contributed by atoms with Crippen LogP contribution < -0.4 is 5.32 Å². The summed E-state index contributed by atoms with van der Waals surface area (Å²) < 4.78 is 5.22. The zero-order chi connectivity index (χ0) is 18.0. The normalized spacial score (nSPS) is 26.2. The lowest BCUT2D eigenvalue weighted by Crippen LogP contribution is -2.50. The summed E-state index contributed by atoms with van der Waals surface area (Å²) >= 11 is 0. The van der Waals surface area contributed by atoms with Crippen LogP contribution in [0.5, 0.6) is 0 Å². The summed E-state index contributed by atoms with van der Waals surface area (Å²) in [6, 6.07) is 3.07. The first-order valence-corrected chi connectivity index (χ1v) is 8.85. The fourth-order valence-corrected chi connectivity index (χ4v) is 3.72. The maximum Gasteiger partial charge on any atom is 0.325 e. The minimum Gasteiger partial charge on any atom is -0.467 e. The Morgan fingerprint density at radius 1 is 1.40 bits per heavy atom. The Morgan fingerprint density at radius 2 is 2.12 bits per heavy atom. The average molecular weight is 347 g/mol. The van der Waals surface area contributed by atoms with Gasteiger partial charge in [0.1, 0.15) is 17.8 Å². The second kappa shape index (κ2) is 6.90. The molecule has 1 saturated carbocycles. The molecule has 136 valence electrons. The van der Waals surface area contributed by atoms with Gasteiger partial charge in [-0.05, 0) is 43.7 Å². The molecule has 1 N–H and O–H groups in total. The van der Waals surface area contributed by atoms with Crippen LogP contribution in [0.4, 0.5) is 4.79 Å². The molecule has 2 aliphatic rings. The number of furan rings is 1. The lowest BCUT2D eigenvalue weighted by atomic mass is 9.75. The molecule has 7 heteroatoms. The van der Waals surface area contributed by atoms with E-state index in [0.29, 0.717) is 31.1 Å². The molecule has 3 rings (SSSR count). The fraction of sp³-hybridized carbons (Fsp3) is 0.611. The number of carbonyl (C=O) groups excluding carboxylic acids is 3. The first-order valence-electron chi connectivity index (χ1n) is 8.85. The van der Waals surface area contributed by atoms with E-state index in [1.54, 1.807) is 25.4 Å². The molecule has 4 amide bonds. The van der Waals surface area contributed by atoms with Crippen LogP contribution in [0.3, 0.4) is 0 Å². The molecule has 0 aromatic carbocycles. The van der Waals surface area contributed by atoms with Crippen LogP contribution in [-0.2, 0) is 16.1 Å². The molecule has 0 bridgehead atoms. The van der Waals surface area contributed by atoms with Gasteiger partial charge in [-0.25, -0.2) is 4.79 Å². The zero-order valence-electron chi connectivity index (χ0n) is 14.8. The van der Waals surface area contributed by atoms with Crippen molar-refractivity contribution < 1.29 is 18.8 Å². The van der Waals surface area contributed by atoms with Gasteiger partial charge in [-0.15, -0.1) is 0 Å². The lowest BCUT2D eigenvalue weighted by Gasteiger charge is -2.34. The SMILES string of the molecule is CCC1CCC2(CC1)NC(=O)N(CC(=O)N(C)Cc1ccco1)C2=O. The molecular formula is C18H25N3O4. The van der Waals surface area contributed by atoms with Crippen LogP contribution in [0.25, 0.3) is 0 Å². The minimum absolute atomic E-state index is 0.235. The molecule has 2 heterocycles. The van der Waals surface area contributed by atoms with Crippen molar-refractivity contribution in [2.45, 2.75) is 51.1 Å². The highest BCUT2D eigenvalue weighted by Crippen LogP contribution is 2.37. The van der Waals surface area contributed by atoms with Crippen molar-refractivity contribution in [3.8, 4) is 0 Å². The first kappa shape index (κ1) is 17.5. The predicted molar refractivity (Wildman–Crippen MR) is 90.4 cm³/mol. The molecule has 1 spiro atoms. The molecule has 1 saturated heterocycles. The number of imide groups is 1. The quantitative estimate of drug-likeness (QED) is 0.827. The summed E-state index contributed by atoms with van der Waals surface area (Å²) in [5, 5.41) is 2.85. The molecule has 2 fully saturated rings. The molecular weight excluding hydrogens is 322 g/mol. The molecule has 1 aliphatic heterocycles. The highest BCUT2D eigenvalue weighted by molar-refractivity contribution is 6.09. The summed E-state index contributed by atoms with van der Waals surface area (Å²) in [6.07, 6.45) is 5.82. The van der Waals surface area contributed by atoms with Crippen molar-refractivity contribution in [3.05, 3.63) is 24.2 Å². The Labute approximate surface area is 147 Å². The summed E-state index contributed by atoms with van der Waals surface area (Å²) in [6.45, 7) is 2.22. The van der Waals surface area contributed by atoms with E-state index in [9.17, 15) is 14.4 Å². The highest BCUT2D eigenvalue weighted by Gasteiger charge is 2.52. The van der Waals surface area contributed by atoms with Gasteiger partial charge >= 0.3 is 6.03 Å². The Morgan fingerprint density at radius 3 is 2.72 bits per heavy atom. The maximum absolute atomic E-state index is 12.8. The number of amides is 4. The van der Waals surface area contributed by atoms with Gasteiger partial charge in [0.15, 0.2) is 0 Å². The fourth-order valence-electron chi connectivity index (χ4n) is 3.72. The van der Waals surface area contributed by atoms with E-state index >= 15 is 0 Å². The Balaban J connectivity index is 1.62. The van der Waals surface area contributed by atoms with Crippen molar-refractivity contribution in [3.63, 3.8) is 0 Å². The van der Waals surface area contributed by atoms with Crippen LogP contribution in [0.1, 0.15) is 44.8 Å². The maximum atomic E-state index is 12.8. The third-order valence-electron chi connectivity index (χ3n) is 5.47. The van der Waals surface area contributed by atoms with Crippen LogP contribution in [0.2, 0.25) is 0 Å². The Hall–Kier alpha value is -2.31. The number of nitrogens with zero attached hydrogens (tertiary/aromatic N) is 2. The molecule has 1 aliphatic carbocycles. The number of hydrogen-bond acceptors (Lipinski definition) is 4. The van der Waals surface area contributed by atoms with E-state index in [2.05, 4.69) is 12.2 Å². The minimum atomic E-state index is -0.803. The highest BCUT2D eigenvalue weighted by atomic mass is 16.3. The van der Waals surface area contributed by atoms with Crippen molar-refractivity contribution in [2.24, 2.45) is 5.92 Å². The van der Waals surface area contributed by atoms with Crippen molar-refractivity contribution >= 4 is 17.8 Å². The van der Waals surface area contributed by atoms with E-state index in [1.165, 1.54) is 4.90 Å². The number of nitrogens with one attached hydrogen (secondary N) is 1. The van der Waals surface area contributed by atoms with Crippen LogP contribution in [0.15, 0.2) is 22.8 Å². The van der Waals surface area contributed by atoms with E-state index < -0.39 is 11.6 Å². The molecule has 0 unspecified atom stereocenters. The summed E-state index contributed by atoms with van der Waals surface area (Å²) in [4.78, 5) is 40.0. The van der Waals surface area contributed by atoms with Gasteiger partial charge < -0.3 is 14.6 Å². The van der Waals surface area contributed by atoms with Gasteiger partial charge in [0, 0.05) is 7.05 Å². The summed E-state index contributed by atoms with van der Waals surface area (Å²) in [7, 11) is 1.63. The van der Waals surface area contributed by atoms with Gasteiger partial charge in [-0.3, -0.25) is 14.5 Å². The Kier molecular flexibility index (Phi) is 4.83. The third-order valence-corrected chi connectivity index (χ3v) is 5.47. The van der Waals surface area contributed by atoms with Crippen molar-refractivity contribution in [2.75, 3.05) is 13.6 Å². The second-order valence-electron chi connectivity index (χ2n) is 7.08. The van der Waals surface area contributed by atoms with E-state index in [4.69, 9.17) is 4.42 Å². The monoisotopic (exact) mass is 347 g/mol. The lowest BCUT2D eigenvalue weighted by molar-refractivity contribution is -0.139. The molecule has 0 radical (unpaired) electrons. The van der Waals surface area contributed by atoms with Gasteiger partial charge in [0.25, 0.3) is 5.91 Å². The van der Waals surface area contributed by atoms with E-state index in [-0.39, 0.29) is 18.4 Å². The first-order chi connectivity index (χ1) is 11.9. The summed E-state index contributed by atoms with van der Waals surface area (Å²) in [5.41, 5.74) is -0.803. The van der Waals surface area contributed by atoms with E-state index in [1.807, 2.05) is 0 Å². The summed E-state index contributed by atoms with van der Waals surface area (Å²) in [5.74, 6) is 0.721. The second-order valence-corrected chi connectivity index (χ2v) is 7.08. The largest absolute Gasteiger partial charge is 0.467 e. The number of urea groups is 1. The molecule has 1 aromatic rings. The number of rotatable bonds is 5. The van der Waals surface area contributed by atoms with Crippen LogP contribution in [-0.4, -0.2) is 46.8 Å².